The molecule has 0 aromatic heterocycles. The Morgan fingerprint density at radius 3 is 0.676 bits per heavy atom. The Bertz CT molecular complexity index is 1040. The van der Waals surface area contributed by atoms with Gasteiger partial charge < -0.3 is 0 Å². The van der Waals surface area contributed by atoms with Gasteiger partial charge in [-0.05, 0) is 76.2 Å². The van der Waals surface area contributed by atoms with Crippen LogP contribution in [0.2, 0.25) is 0 Å². The maximum Gasteiger partial charge on any atom is 0.0705 e. The van der Waals surface area contributed by atoms with Crippen LogP contribution in [0, 0.1) is 27.7 Å². The van der Waals surface area contributed by atoms with Crippen molar-refractivity contribution >= 4 is 47.0 Å². The van der Waals surface area contributed by atoms with Crippen molar-refractivity contribution in [1.29, 1.82) is 0 Å². The molecule has 0 saturated carbocycles. The molecule has 0 unspecified atom stereocenters. The van der Waals surface area contributed by atoms with Gasteiger partial charge in [0.1, 0.15) is 0 Å². The average Bonchev–Trinajstić information content (AvgIpc) is 2.84. The third-order valence-corrected chi connectivity index (χ3v) is 10.2. The Morgan fingerprint density at radius 1 is 0.324 bits per heavy atom. The van der Waals surface area contributed by atoms with Crippen LogP contribution in [0.3, 0.4) is 0 Å². The van der Waals surface area contributed by atoms with E-state index in [1.807, 2.05) is 47.0 Å². The molecular formula is C30H28S4. The maximum atomic E-state index is 2.22. The fraction of sp³-hybridized carbons (Fsp3) is 0.133. The van der Waals surface area contributed by atoms with Gasteiger partial charge in [-0.1, -0.05) is 118 Å². The van der Waals surface area contributed by atoms with E-state index in [-0.39, 0.29) is 0 Å². The van der Waals surface area contributed by atoms with Crippen LogP contribution in [0.1, 0.15) is 22.3 Å². The molecule has 0 N–H and O–H groups in total. The molecule has 0 amide bonds. The zero-order valence-electron chi connectivity index (χ0n) is 19.9. The van der Waals surface area contributed by atoms with Crippen molar-refractivity contribution in [2.45, 2.75) is 47.3 Å². The van der Waals surface area contributed by atoms with Crippen molar-refractivity contribution in [3.05, 3.63) is 128 Å². The second-order valence-corrected chi connectivity index (χ2v) is 13.1. The number of aryl methyl sites for hydroxylation is 4. The molecule has 172 valence electrons. The number of hydrogen-bond donors (Lipinski definition) is 0. The van der Waals surface area contributed by atoms with Crippen LogP contribution in [-0.4, -0.2) is 0 Å². The van der Waals surface area contributed by atoms with Crippen LogP contribution in [0.25, 0.3) is 0 Å². The minimum absolute atomic E-state index is 1.26. The molecule has 0 saturated heterocycles. The van der Waals surface area contributed by atoms with Crippen LogP contribution in [0.15, 0.2) is 125 Å². The minimum atomic E-state index is 1.26. The first-order valence-corrected chi connectivity index (χ1v) is 14.4. The molecule has 0 aliphatic rings. The van der Waals surface area contributed by atoms with E-state index in [9.17, 15) is 0 Å². The molecule has 4 aromatic rings. The van der Waals surface area contributed by atoms with Crippen LogP contribution >= 0.6 is 47.0 Å². The largest absolute Gasteiger partial charge is 0.0810 e. The first kappa shape index (κ1) is 25.1. The lowest BCUT2D eigenvalue weighted by Crippen LogP contribution is -1.84. The molecule has 0 radical (unpaired) electrons. The van der Waals surface area contributed by atoms with E-state index in [1.165, 1.54) is 50.3 Å². The Labute approximate surface area is 221 Å². The van der Waals surface area contributed by atoms with E-state index in [0.29, 0.717) is 0 Å². The molecule has 4 heteroatoms. The van der Waals surface area contributed by atoms with Gasteiger partial charge in [0.05, 0.1) is 8.47 Å². The standard InChI is InChI=1S/C30H28S4/c1-21-5-13-25(14-6-21)31-29(32-26-15-7-22(2)8-16-26)30(33-27-17-9-23(3)10-18-27)34-28-19-11-24(4)12-20-28/h5-20H,1-4H3. The summed E-state index contributed by atoms with van der Waals surface area (Å²) < 4.78 is 2.59. The Kier molecular flexibility index (Phi) is 8.96. The minimum Gasteiger partial charge on any atom is -0.0810 e. The highest BCUT2D eigenvalue weighted by atomic mass is 32.2. The maximum absolute atomic E-state index is 2.22. The van der Waals surface area contributed by atoms with Crippen LogP contribution in [0.4, 0.5) is 0 Å². The molecule has 4 rings (SSSR count). The lowest BCUT2D eigenvalue weighted by Gasteiger charge is -2.15. The molecule has 0 heterocycles. The third-order valence-electron chi connectivity index (χ3n) is 5.09. The first-order valence-electron chi connectivity index (χ1n) is 11.2. The van der Waals surface area contributed by atoms with E-state index >= 15 is 0 Å². The van der Waals surface area contributed by atoms with Gasteiger partial charge in [0.15, 0.2) is 0 Å². The summed E-state index contributed by atoms with van der Waals surface area (Å²) in [6, 6.07) is 35.3. The summed E-state index contributed by atoms with van der Waals surface area (Å²) in [7, 11) is 0. The Morgan fingerprint density at radius 2 is 0.500 bits per heavy atom. The normalized spacial score (nSPS) is 10.8. The van der Waals surface area contributed by atoms with Crippen molar-refractivity contribution in [2.75, 3.05) is 0 Å². The van der Waals surface area contributed by atoms with Crippen molar-refractivity contribution in [3.63, 3.8) is 0 Å². The predicted octanol–water partition coefficient (Wildman–Crippen LogP) is 10.5. The summed E-state index contributed by atoms with van der Waals surface area (Å²) in [5.41, 5.74) is 5.13. The fourth-order valence-electron chi connectivity index (χ4n) is 3.06. The van der Waals surface area contributed by atoms with E-state index in [2.05, 4.69) is 125 Å². The van der Waals surface area contributed by atoms with Gasteiger partial charge in [-0.3, -0.25) is 0 Å². The molecule has 34 heavy (non-hydrogen) atoms. The first-order chi connectivity index (χ1) is 16.4. The lowest BCUT2D eigenvalue weighted by atomic mass is 10.2. The third kappa shape index (κ3) is 7.51. The molecule has 0 fully saturated rings. The molecule has 0 spiro atoms. The second kappa shape index (κ2) is 12.1. The summed E-state index contributed by atoms with van der Waals surface area (Å²) in [4.78, 5) is 5.02. The van der Waals surface area contributed by atoms with Gasteiger partial charge in [-0.2, -0.15) is 0 Å². The molecule has 0 nitrogen and oxygen atoms in total. The lowest BCUT2D eigenvalue weighted by molar-refractivity contribution is 1.37. The molecular weight excluding hydrogens is 489 g/mol. The summed E-state index contributed by atoms with van der Waals surface area (Å²) in [6.45, 7) is 8.55. The van der Waals surface area contributed by atoms with E-state index in [1.54, 1.807) is 0 Å². The smallest absolute Gasteiger partial charge is 0.0705 e. The number of thioether (sulfide) groups is 4. The number of benzene rings is 4. The van der Waals surface area contributed by atoms with Crippen molar-refractivity contribution < 1.29 is 0 Å². The van der Waals surface area contributed by atoms with Crippen molar-refractivity contribution in [1.82, 2.24) is 0 Å². The van der Waals surface area contributed by atoms with Crippen molar-refractivity contribution in [3.8, 4) is 0 Å². The number of rotatable bonds is 8. The number of hydrogen-bond acceptors (Lipinski definition) is 4. The van der Waals surface area contributed by atoms with Crippen molar-refractivity contribution in [2.24, 2.45) is 0 Å². The van der Waals surface area contributed by atoms with Crippen LogP contribution in [-0.2, 0) is 0 Å². The highest BCUT2D eigenvalue weighted by molar-refractivity contribution is 8.28. The Hall–Kier alpha value is -1.98. The highest BCUT2D eigenvalue weighted by Crippen LogP contribution is 2.51. The van der Waals surface area contributed by atoms with E-state index < -0.39 is 0 Å². The fourth-order valence-corrected chi connectivity index (χ4v) is 7.83. The topological polar surface area (TPSA) is 0 Å². The second-order valence-electron chi connectivity index (χ2n) is 8.24. The Balaban J connectivity index is 1.76. The molecule has 4 aromatic carbocycles. The van der Waals surface area contributed by atoms with Gasteiger partial charge in [0, 0.05) is 19.6 Å². The summed E-state index contributed by atoms with van der Waals surface area (Å²) in [5.74, 6) is 0. The van der Waals surface area contributed by atoms with Crippen LogP contribution in [0.5, 0.6) is 0 Å². The van der Waals surface area contributed by atoms with E-state index in [4.69, 9.17) is 0 Å². The van der Waals surface area contributed by atoms with E-state index in [0.717, 1.165) is 0 Å². The summed E-state index contributed by atoms with van der Waals surface area (Å²) >= 11 is 7.40. The monoisotopic (exact) mass is 516 g/mol. The van der Waals surface area contributed by atoms with Gasteiger partial charge in [0.25, 0.3) is 0 Å². The molecule has 0 aliphatic heterocycles. The summed E-state index contributed by atoms with van der Waals surface area (Å²) in [6.07, 6.45) is 0. The average molecular weight is 517 g/mol. The molecule has 0 bridgehead atoms. The van der Waals surface area contributed by atoms with Gasteiger partial charge >= 0.3 is 0 Å². The van der Waals surface area contributed by atoms with Gasteiger partial charge in [0.2, 0.25) is 0 Å². The molecule has 0 atom stereocenters. The molecule has 0 aliphatic carbocycles. The zero-order valence-corrected chi connectivity index (χ0v) is 23.1. The van der Waals surface area contributed by atoms with Gasteiger partial charge in [-0.15, -0.1) is 0 Å². The van der Waals surface area contributed by atoms with Gasteiger partial charge in [-0.25, -0.2) is 0 Å². The zero-order chi connectivity index (χ0) is 23.9. The predicted molar refractivity (Wildman–Crippen MR) is 155 cm³/mol. The summed E-state index contributed by atoms with van der Waals surface area (Å²) in [5, 5.41) is 0. The van der Waals surface area contributed by atoms with Crippen LogP contribution < -0.4 is 0 Å². The highest BCUT2D eigenvalue weighted by Gasteiger charge is 2.15. The SMILES string of the molecule is Cc1ccc(SC(Sc2ccc(C)cc2)=C(Sc2ccc(C)cc2)Sc2ccc(C)cc2)cc1. The quantitative estimate of drug-likeness (QED) is 0.213.